The highest BCUT2D eigenvalue weighted by Crippen LogP contribution is 2.40. The molecule has 5 atom stereocenters. The van der Waals surface area contributed by atoms with Crippen LogP contribution in [-0.4, -0.2) is 81.1 Å². The van der Waals surface area contributed by atoms with Gasteiger partial charge in [0.2, 0.25) is 5.91 Å². The van der Waals surface area contributed by atoms with Gasteiger partial charge in [0.1, 0.15) is 24.4 Å². The van der Waals surface area contributed by atoms with Crippen molar-refractivity contribution in [1.82, 2.24) is 10.2 Å². The van der Waals surface area contributed by atoms with Gasteiger partial charge in [-0.2, -0.15) is 0 Å². The number of hydrogen-bond acceptors (Lipinski definition) is 6. The number of hydrogen-bond donors (Lipinski definition) is 2. The van der Waals surface area contributed by atoms with Crippen LogP contribution in [0.2, 0.25) is 18.1 Å². The second-order valence-corrected chi connectivity index (χ2v) is 14.2. The van der Waals surface area contributed by atoms with Gasteiger partial charge in [-0.3, -0.25) is 9.69 Å². The van der Waals surface area contributed by atoms with E-state index in [0.717, 1.165) is 0 Å². The van der Waals surface area contributed by atoms with Crippen molar-refractivity contribution in [3.63, 3.8) is 0 Å². The molecular weight excluding hydrogens is 352 g/mol. The molecule has 2 rings (SSSR count). The Morgan fingerprint density at radius 1 is 1.27 bits per heavy atom. The number of likely N-dealkylation sites (N-methyl/N-ethyl adjacent to an activating group) is 2. The van der Waals surface area contributed by atoms with E-state index in [9.17, 15) is 9.90 Å². The first kappa shape index (κ1) is 21.8. The molecule has 0 aliphatic carbocycles. The molecule has 26 heavy (non-hydrogen) atoms. The van der Waals surface area contributed by atoms with Crippen LogP contribution in [-0.2, 0) is 18.7 Å². The minimum Gasteiger partial charge on any atom is -0.415 e. The van der Waals surface area contributed by atoms with Crippen LogP contribution < -0.4 is 5.32 Å². The summed E-state index contributed by atoms with van der Waals surface area (Å²) < 4.78 is 18.3. The molecule has 8 heteroatoms. The van der Waals surface area contributed by atoms with E-state index in [1.165, 1.54) is 0 Å². The minimum atomic E-state index is -1.98. The molecule has 0 saturated carbocycles. The number of fused-ring (bicyclic) bond motifs is 1. The number of nitrogens with zero attached hydrogens (tertiary/aromatic N) is 1. The van der Waals surface area contributed by atoms with Crippen molar-refractivity contribution in [2.24, 2.45) is 0 Å². The number of likely N-dealkylation sites (tertiary alicyclic amines) is 1. The Bertz CT molecular complexity index is 534. The number of amides is 1. The molecule has 152 valence electrons. The molecule has 0 aromatic carbocycles. The number of nitrogens with one attached hydrogen (secondary N) is 1. The molecule has 0 aromatic heterocycles. The predicted molar refractivity (Wildman–Crippen MR) is 102 cm³/mol. The molecule has 2 saturated heterocycles. The lowest BCUT2D eigenvalue weighted by molar-refractivity contribution is -0.155. The molecule has 2 heterocycles. The van der Waals surface area contributed by atoms with Gasteiger partial charge < -0.3 is 24.3 Å². The molecule has 0 bridgehead atoms. The molecule has 2 aliphatic heterocycles. The van der Waals surface area contributed by atoms with E-state index in [-0.39, 0.29) is 17.0 Å². The predicted octanol–water partition coefficient (Wildman–Crippen LogP) is 1.32. The number of carbonyl (C=O) groups is 1. The molecule has 2 N–H and O–H groups in total. The van der Waals surface area contributed by atoms with Crippen LogP contribution in [0.5, 0.6) is 0 Å². The highest BCUT2D eigenvalue weighted by molar-refractivity contribution is 6.74. The van der Waals surface area contributed by atoms with Gasteiger partial charge in [0.15, 0.2) is 14.1 Å². The molecule has 2 fully saturated rings. The molecule has 1 amide bonds. The number of rotatable bonds is 4. The van der Waals surface area contributed by atoms with Crippen molar-refractivity contribution < 1.29 is 23.8 Å². The number of ether oxygens (including phenoxy) is 2. The van der Waals surface area contributed by atoms with Crippen molar-refractivity contribution in [3.05, 3.63) is 0 Å². The van der Waals surface area contributed by atoms with Gasteiger partial charge in [-0.25, -0.2) is 0 Å². The topological polar surface area (TPSA) is 80.3 Å². The third-order valence-electron chi connectivity index (χ3n) is 6.10. The fourth-order valence-electron chi connectivity index (χ4n) is 3.43. The van der Waals surface area contributed by atoms with Crippen molar-refractivity contribution in [3.8, 4) is 0 Å². The maximum absolute atomic E-state index is 12.5. The normalized spacial score (nSPS) is 35.2. The summed E-state index contributed by atoms with van der Waals surface area (Å²) in [4.78, 5) is 14.4. The van der Waals surface area contributed by atoms with Crippen LogP contribution in [0.15, 0.2) is 0 Å². The van der Waals surface area contributed by atoms with Gasteiger partial charge in [-0.05, 0) is 39.0 Å². The van der Waals surface area contributed by atoms with Crippen LogP contribution >= 0.6 is 0 Å². The quantitative estimate of drug-likeness (QED) is 0.707. The Labute approximate surface area is 158 Å². The highest BCUT2D eigenvalue weighted by atomic mass is 28.4. The zero-order chi connectivity index (χ0) is 20.1. The number of aliphatic hydroxyl groups excluding tert-OH is 1. The van der Waals surface area contributed by atoms with Gasteiger partial charge in [-0.1, -0.05) is 20.8 Å². The molecule has 7 nitrogen and oxygen atoms in total. The van der Waals surface area contributed by atoms with E-state index in [4.69, 9.17) is 13.9 Å². The Balaban J connectivity index is 2.25. The Morgan fingerprint density at radius 3 is 2.31 bits per heavy atom. The molecule has 0 spiro atoms. The summed E-state index contributed by atoms with van der Waals surface area (Å²) in [6.45, 7) is 14.9. The Morgan fingerprint density at radius 2 is 1.81 bits per heavy atom. The van der Waals surface area contributed by atoms with Crippen LogP contribution in [0.3, 0.4) is 0 Å². The fourth-order valence-corrected chi connectivity index (χ4v) is 4.45. The average Bonchev–Trinajstić information content (AvgIpc) is 2.81. The largest absolute Gasteiger partial charge is 0.415 e. The summed E-state index contributed by atoms with van der Waals surface area (Å²) in [5.74, 6) is -0.980. The summed E-state index contributed by atoms with van der Waals surface area (Å²) in [5.41, 5.74) is 0. The Hall–Kier alpha value is -0.513. The van der Waals surface area contributed by atoms with Crippen LogP contribution in [0.4, 0.5) is 0 Å². The van der Waals surface area contributed by atoms with E-state index in [0.29, 0.717) is 6.61 Å². The van der Waals surface area contributed by atoms with Gasteiger partial charge in [-0.15, -0.1) is 0 Å². The molecule has 0 aromatic rings. The zero-order valence-electron chi connectivity index (χ0n) is 17.6. The first-order valence-electron chi connectivity index (χ1n) is 9.33. The second-order valence-electron chi connectivity index (χ2n) is 9.42. The number of carbonyl (C=O) groups excluding carboxylic acids is 1. The lowest BCUT2D eigenvalue weighted by Crippen LogP contribution is -2.69. The van der Waals surface area contributed by atoms with Crippen LogP contribution in [0, 0.1) is 0 Å². The van der Waals surface area contributed by atoms with Gasteiger partial charge >= 0.3 is 0 Å². The van der Waals surface area contributed by atoms with Crippen LogP contribution in [0.1, 0.15) is 34.6 Å². The number of aliphatic hydroxyl groups is 1. The highest BCUT2D eigenvalue weighted by Gasteiger charge is 2.58. The van der Waals surface area contributed by atoms with E-state index in [1.807, 2.05) is 11.9 Å². The lowest BCUT2D eigenvalue weighted by Gasteiger charge is -2.47. The monoisotopic (exact) mass is 388 g/mol. The van der Waals surface area contributed by atoms with Crippen molar-refractivity contribution in [2.75, 3.05) is 20.7 Å². The second kappa shape index (κ2) is 7.14. The molecule has 0 unspecified atom stereocenters. The Kier molecular flexibility index (Phi) is 5.98. The van der Waals surface area contributed by atoms with E-state index in [2.05, 4.69) is 39.2 Å². The van der Waals surface area contributed by atoms with Gasteiger partial charge in [0.25, 0.3) is 0 Å². The van der Waals surface area contributed by atoms with E-state index in [1.54, 1.807) is 20.9 Å². The van der Waals surface area contributed by atoms with E-state index >= 15 is 0 Å². The maximum Gasteiger partial charge on any atom is 0.239 e. The minimum absolute atomic E-state index is 0.0723. The molecule has 0 radical (unpaired) electrons. The average molecular weight is 389 g/mol. The van der Waals surface area contributed by atoms with Crippen LogP contribution in [0.25, 0.3) is 0 Å². The molecular formula is C18H36N2O5Si. The summed E-state index contributed by atoms with van der Waals surface area (Å²) in [6, 6.07) is -0.881. The summed E-state index contributed by atoms with van der Waals surface area (Å²) >= 11 is 0. The standard InChI is InChI=1S/C18H36N2O5Si/c1-17(2,3)26(8,9)23-10-11-13(21)15-14(24-18(4,5)25-15)12(20(11)7)16(22)19-6/h11-15,21H,10H2,1-9H3,(H,19,22)/t11-,12+,13-,14-,15+/m1/s1. The van der Waals surface area contributed by atoms with E-state index < -0.39 is 38.5 Å². The van der Waals surface area contributed by atoms with Crippen molar-refractivity contribution in [1.29, 1.82) is 0 Å². The van der Waals surface area contributed by atoms with Crippen molar-refractivity contribution in [2.45, 2.75) is 88.9 Å². The molecule has 2 aliphatic rings. The van der Waals surface area contributed by atoms with Gasteiger partial charge in [0, 0.05) is 7.05 Å². The smallest absolute Gasteiger partial charge is 0.239 e. The third kappa shape index (κ3) is 4.00. The third-order valence-corrected chi connectivity index (χ3v) is 10.6. The van der Waals surface area contributed by atoms with Crippen molar-refractivity contribution >= 4 is 14.2 Å². The first-order valence-corrected chi connectivity index (χ1v) is 12.2. The summed E-state index contributed by atoms with van der Waals surface area (Å²) in [5, 5.41) is 13.8. The fraction of sp³-hybridized carbons (Fsp3) is 0.944. The first-order chi connectivity index (χ1) is 11.7. The summed E-state index contributed by atoms with van der Waals surface area (Å²) in [7, 11) is 1.47. The lowest BCUT2D eigenvalue weighted by atomic mass is 9.88. The van der Waals surface area contributed by atoms with Gasteiger partial charge in [0.05, 0.1) is 12.6 Å². The summed E-state index contributed by atoms with van der Waals surface area (Å²) in [6.07, 6.45) is -1.87. The number of piperidine rings is 1. The maximum atomic E-state index is 12.5. The zero-order valence-corrected chi connectivity index (χ0v) is 18.6. The SMILES string of the molecule is CNC(=O)[C@@H]1[C@H]2OC(C)(C)O[C@H]2[C@H](O)[C@@H](CO[Si](C)(C)C(C)(C)C)N1C.